The van der Waals surface area contributed by atoms with Crippen LogP contribution in [0, 0.1) is 8.99 Å². The van der Waals surface area contributed by atoms with Gasteiger partial charge in [-0.2, -0.15) is 0 Å². The number of hydrogen-bond acceptors (Lipinski definition) is 6. The molecule has 3 aromatic rings. The van der Waals surface area contributed by atoms with E-state index in [1.54, 1.807) is 7.11 Å². The third-order valence-electron chi connectivity index (χ3n) is 6.85. The molecule has 0 radical (unpaired) electrons. The molecule has 1 aromatic heterocycles. The van der Waals surface area contributed by atoms with Gasteiger partial charge in [-0.15, -0.1) is 0 Å². The van der Waals surface area contributed by atoms with Crippen LogP contribution in [0.3, 0.4) is 0 Å². The Hall–Kier alpha value is -2.31. The summed E-state index contributed by atoms with van der Waals surface area (Å²) in [6, 6.07) is 14.2. The molecule has 2 unspecified atom stereocenters. The predicted molar refractivity (Wildman–Crippen MR) is 170 cm³/mol. The number of fused-ring (bicyclic) bond motifs is 1. The van der Waals surface area contributed by atoms with E-state index in [4.69, 9.17) is 19.2 Å². The molecule has 0 spiro atoms. The molecule has 2 aromatic carbocycles. The van der Waals surface area contributed by atoms with Crippen LogP contribution in [0.25, 0.3) is 10.9 Å². The van der Waals surface area contributed by atoms with Gasteiger partial charge in [-0.25, -0.2) is 9.78 Å². The van der Waals surface area contributed by atoms with Crippen LogP contribution in [-0.4, -0.2) is 60.0 Å². The second-order valence-corrected chi connectivity index (χ2v) is 13.4. The molecule has 1 aliphatic heterocycles. The molecule has 4 rings (SSSR count). The van der Waals surface area contributed by atoms with E-state index in [1.807, 2.05) is 31.2 Å². The third kappa shape index (κ3) is 7.70. The van der Waals surface area contributed by atoms with Gasteiger partial charge >= 0.3 is 6.09 Å². The van der Waals surface area contributed by atoms with Gasteiger partial charge in [0, 0.05) is 47.0 Å². The van der Waals surface area contributed by atoms with Crippen LogP contribution < -0.4 is 14.8 Å². The highest BCUT2D eigenvalue weighted by Gasteiger charge is 2.28. The van der Waals surface area contributed by atoms with Gasteiger partial charge in [-0.05, 0) is 75.3 Å². The number of likely N-dealkylation sites (tertiary alicyclic amines) is 1. The molecule has 2 heterocycles. The lowest BCUT2D eigenvalue weighted by Gasteiger charge is -2.28. The fraction of sp³-hybridized carbons (Fsp3) is 0.467. The van der Waals surface area contributed by atoms with Crippen LogP contribution in [-0.2, 0) is 4.74 Å². The number of aromatic nitrogens is 1. The molecule has 1 saturated heterocycles. The summed E-state index contributed by atoms with van der Waals surface area (Å²) in [4.78, 5) is 17.9. The van der Waals surface area contributed by atoms with E-state index in [9.17, 15) is 9.90 Å². The van der Waals surface area contributed by atoms with E-state index in [0.717, 1.165) is 31.1 Å². The first-order valence-corrected chi connectivity index (χ1v) is 15.3. The molecule has 10 heteroatoms. The highest BCUT2D eigenvalue weighted by atomic mass is 127. The van der Waals surface area contributed by atoms with Crippen molar-refractivity contribution in [2.24, 2.45) is 5.41 Å². The number of anilines is 1. The van der Waals surface area contributed by atoms with Crippen molar-refractivity contribution in [3.63, 3.8) is 0 Å². The smallest absolute Gasteiger partial charge is 0.407 e. The van der Waals surface area contributed by atoms with E-state index >= 15 is 0 Å². The number of carboxylic acid groups (broad SMARTS) is 1. The maximum absolute atomic E-state index is 11.5. The number of hydrogen-bond donors (Lipinski definition) is 2. The Balaban J connectivity index is 1.81. The zero-order chi connectivity index (χ0) is 29.0. The van der Waals surface area contributed by atoms with Crippen LogP contribution in [0.15, 0.2) is 46.9 Å². The summed E-state index contributed by atoms with van der Waals surface area (Å²) >= 11 is 6.09. The van der Waals surface area contributed by atoms with Gasteiger partial charge in [0.15, 0.2) is 5.75 Å². The zero-order valence-corrected chi connectivity index (χ0v) is 27.3. The van der Waals surface area contributed by atoms with Gasteiger partial charge in [0.05, 0.1) is 10.6 Å². The Morgan fingerprint density at radius 2 is 2.00 bits per heavy atom. The highest BCUT2D eigenvalue weighted by molar-refractivity contribution is 14.1. The second kappa shape index (κ2) is 13.1. The van der Waals surface area contributed by atoms with E-state index in [-0.39, 0.29) is 23.7 Å². The number of nitrogens with zero attached hydrogens (tertiary/aromatic N) is 2. The van der Waals surface area contributed by atoms with E-state index in [1.165, 1.54) is 4.90 Å². The largest absolute Gasteiger partial charge is 0.482 e. The summed E-state index contributed by atoms with van der Waals surface area (Å²) in [6.45, 7) is 9.80. The van der Waals surface area contributed by atoms with E-state index in [2.05, 4.69) is 82.8 Å². The molecule has 216 valence electrons. The first-order valence-electron chi connectivity index (χ1n) is 13.4. The summed E-state index contributed by atoms with van der Waals surface area (Å²) in [7, 11) is 1.65. The Morgan fingerprint density at radius 1 is 1.27 bits per heavy atom. The van der Waals surface area contributed by atoms with E-state index in [0.29, 0.717) is 43.3 Å². The van der Waals surface area contributed by atoms with Crippen molar-refractivity contribution in [3.05, 3.63) is 56.1 Å². The van der Waals surface area contributed by atoms with Crippen molar-refractivity contribution < 1.29 is 24.1 Å². The SMILES string of the molecule is COC(C)COc1cc(N[C@H]2CCN(C(=O)O)C2)c2cc(I)c(Br)c(OC(CC(C)(C)C)c3ccccc3)c2n1. The highest BCUT2D eigenvalue weighted by Crippen LogP contribution is 2.44. The standard InChI is InChI=1S/C30H37BrIN3O5/c1-18(38-5)17-39-25-14-23(33-20-11-12-35(16-20)29(36)37)21-13-22(32)26(31)28(27(21)34-25)40-24(15-30(2,3)4)19-9-7-6-8-10-19/h6-10,13-14,18,20,24H,11-12,15-17H2,1-5H3,(H,33,34)(H,36,37)/t18?,20-,24?/m0/s1. The van der Waals surface area contributed by atoms with Crippen LogP contribution in [0.1, 0.15) is 52.2 Å². The minimum atomic E-state index is -0.901. The maximum atomic E-state index is 11.5. The molecule has 1 amide bonds. The normalized spacial score (nSPS) is 17.1. The number of nitrogens with one attached hydrogen (secondary N) is 1. The molecule has 0 bridgehead atoms. The Bertz CT molecular complexity index is 1330. The minimum absolute atomic E-state index is 0.0217. The van der Waals surface area contributed by atoms with Gasteiger partial charge in [-0.1, -0.05) is 51.1 Å². The number of ether oxygens (including phenoxy) is 3. The molecule has 1 aliphatic rings. The van der Waals surface area contributed by atoms with Gasteiger partial charge in [0.2, 0.25) is 5.88 Å². The van der Waals surface area contributed by atoms with Crippen molar-refractivity contribution in [2.75, 3.05) is 32.1 Å². The molecule has 0 aliphatic carbocycles. The fourth-order valence-electron chi connectivity index (χ4n) is 4.69. The zero-order valence-electron chi connectivity index (χ0n) is 23.5. The van der Waals surface area contributed by atoms with E-state index < -0.39 is 6.09 Å². The van der Waals surface area contributed by atoms with Crippen LogP contribution >= 0.6 is 38.5 Å². The lowest BCUT2D eigenvalue weighted by Crippen LogP contribution is -2.30. The molecule has 1 fully saturated rings. The first kappa shape index (κ1) is 30.6. The molecule has 40 heavy (non-hydrogen) atoms. The van der Waals surface area contributed by atoms with Crippen molar-refractivity contribution in [2.45, 2.75) is 58.8 Å². The number of carbonyl (C=O) groups is 1. The second-order valence-electron chi connectivity index (χ2n) is 11.4. The average Bonchev–Trinajstić information content (AvgIpc) is 3.38. The predicted octanol–water partition coefficient (Wildman–Crippen LogP) is 7.74. The van der Waals surface area contributed by atoms with Crippen molar-refractivity contribution in [1.29, 1.82) is 0 Å². The number of amides is 1. The quantitative estimate of drug-likeness (QED) is 0.207. The topological polar surface area (TPSA) is 93.2 Å². The number of halogens is 2. The molecule has 2 N–H and O–H groups in total. The minimum Gasteiger partial charge on any atom is -0.482 e. The summed E-state index contributed by atoms with van der Waals surface area (Å²) < 4.78 is 20.1. The number of methoxy groups -OCH3 is 1. The Morgan fingerprint density at radius 3 is 2.62 bits per heavy atom. The fourth-order valence-corrected chi connectivity index (χ4v) is 5.64. The molecule has 3 atom stereocenters. The average molecular weight is 726 g/mol. The van der Waals surface area contributed by atoms with Crippen molar-refractivity contribution in [1.82, 2.24) is 9.88 Å². The monoisotopic (exact) mass is 725 g/mol. The lowest BCUT2D eigenvalue weighted by molar-refractivity contribution is 0.0700. The lowest BCUT2D eigenvalue weighted by atomic mass is 9.87. The number of pyridine rings is 1. The molecule has 0 saturated carbocycles. The maximum Gasteiger partial charge on any atom is 0.407 e. The van der Waals surface area contributed by atoms with Crippen molar-refractivity contribution >= 4 is 61.2 Å². The van der Waals surface area contributed by atoms with Crippen LogP contribution in [0.2, 0.25) is 0 Å². The van der Waals surface area contributed by atoms with Gasteiger partial charge in [-0.3, -0.25) is 0 Å². The van der Waals surface area contributed by atoms with Gasteiger partial charge < -0.3 is 29.5 Å². The first-order chi connectivity index (χ1) is 18.9. The molecule has 8 nitrogen and oxygen atoms in total. The molecular formula is C30H37BrIN3O5. The summed E-state index contributed by atoms with van der Waals surface area (Å²) in [6.07, 6.45) is 0.304. The third-order valence-corrected chi connectivity index (χ3v) is 9.23. The Kier molecular flexibility index (Phi) is 10.0. The molecular weight excluding hydrogens is 689 g/mol. The van der Waals surface area contributed by atoms with Gasteiger partial charge in [0.1, 0.15) is 18.2 Å². The van der Waals surface area contributed by atoms with Crippen LogP contribution in [0.4, 0.5) is 10.5 Å². The Labute approximate surface area is 258 Å². The van der Waals surface area contributed by atoms with Gasteiger partial charge in [0.25, 0.3) is 0 Å². The number of benzene rings is 2. The number of rotatable bonds is 10. The van der Waals surface area contributed by atoms with Crippen molar-refractivity contribution in [3.8, 4) is 11.6 Å². The summed E-state index contributed by atoms with van der Waals surface area (Å²) in [5.74, 6) is 1.09. The summed E-state index contributed by atoms with van der Waals surface area (Å²) in [5.41, 5.74) is 2.61. The summed E-state index contributed by atoms with van der Waals surface area (Å²) in [5, 5.41) is 13.9. The van der Waals surface area contributed by atoms with Crippen LogP contribution in [0.5, 0.6) is 11.6 Å².